The summed E-state index contributed by atoms with van der Waals surface area (Å²) in [6.45, 7) is 2.78. The molecule has 1 aliphatic heterocycles. The van der Waals surface area contributed by atoms with E-state index in [1.165, 1.54) is 0 Å². The summed E-state index contributed by atoms with van der Waals surface area (Å²) in [7, 11) is 0. The third kappa shape index (κ3) is 2.15. The van der Waals surface area contributed by atoms with Crippen LogP contribution in [-0.2, 0) is 4.79 Å². The number of piperidine rings is 1. The highest BCUT2D eigenvalue weighted by Crippen LogP contribution is 2.23. The Morgan fingerprint density at radius 3 is 3.06 bits per heavy atom. The van der Waals surface area contributed by atoms with E-state index in [1.807, 2.05) is 24.0 Å². The van der Waals surface area contributed by atoms with Crippen molar-refractivity contribution in [2.75, 3.05) is 11.4 Å². The molecule has 0 saturated carbocycles. The summed E-state index contributed by atoms with van der Waals surface area (Å²) in [5.41, 5.74) is 1.11. The van der Waals surface area contributed by atoms with Crippen molar-refractivity contribution in [3.05, 3.63) is 23.9 Å². The van der Waals surface area contributed by atoms with Crippen LogP contribution in [0.3, 0.4) is 0 Å². The summed E-state index contributed by atoms with van der Waals surface area (Å²) in [5.74, 6) is 0.0371. The zero-order valence-corrected chi connectivity index (χ0v) is 9.39. The smallest absolute Gasteiger partial charge is 0.326 e. The van der Waals surface area contributed by atoms with Gasteiger partial charge >= 0.3 is 5.97 Å². The van der Waals surface area contributed by atoms with Crippen molar-refractivity contribution in [2.45, 2.75) is 32.2 Å². The number of hydrogen-bond donors (Lipinski definition) is 1. The largest absolute Gasteiger partial charge is 0.480 e. The molecule has 1 fully saturated rings. The number of hydrogen-bond acceptors (Lipinski definition) is 3. The number of aliphatic carboxylic acids is 1. The summed E-state index contributed by atoms with van der Waals surface area (Å²) in [4.78, 5) is 17.3. The van der Waals surface area contributed by atoms with E-state index in [4.69, 9.17) is 5.11 Å². The topological polar surface area (TPSA) is 53.4 Å². The summed E-state index contributed by atoms with van der Waals surface area (Å²) >= 11 is 0. The van der Waals surface area contributed by atoms with Crippen LogP contribution in [0.2, 0.25) is 0 Å². The fraction of sp³-hybridized carbons (Fsp3) is 0.500. The molecule has 2 rings (SSSR count). The third-order valence-electron chi connectivity index (χ3n) is 2.98. The molecule has 0 spiro atoms. The van der Waals surface area contributed by atoms with Crippen molar-refractivity contribution >= 4 is 11.8 Å². The molecule has 1 atom stereocenters. The zero-order valence-electron chi connectivity index (χ0n) is 9.39. The van der Waals surface area contributed by atoms with Gasteiger partial charge in [0.2, 0.25) is 0 Å². The molecule has 0 aliphatic carbocycles. The number of carboxylic acids is 1. The van der Waals surface area contributed by atoms with Crippen LogP contribution in [-0.4, -0.2) is 28.6 Å². The highest BCUT2D eigenvalue weighted by molar-refractivity contribution is 5.78. The first-order valence-electron chi connectivity index (χ1n) is 5.60. The quantitative estimate of drug-likeness (QED) is 0.826. The van der Waals surface area contributed by atoms with E-state index in [2.05, 4.69) is 4.98 Å². The van der Waals surface area contributed by atoms with E-state index in [9.17, 15) is 4.79 Å². The Morgan fingerprint density at radius 2 is 2.38 bits per heavy atom. The Balaban J connectivity index is 2.26. The number of nitrogens with zero attached hydrogens (tertiary/aromatic N) is 2. The van der Waals surface area contributed by atoms with Crippen molar-refractivity contribution in [3.63, 3.8) is 0 Å². The van der Waals surface area contributed by atoms with Crippen LogP contribution in [0.1, 0.15) is 24.8 Å². The second kappa shape index (κ2) is 4.51. The molecular formula is C12H16N2O2. The van der Waals surface area contributed by atoms with Gasteiger partial charge in [-0.2, -0.15) is 0 Å². The lowest BCUT2D eigenvalue weighted by Crippen LogP contribution is -2.45. The van der Waals surface area contributed by atoms with Crippen molar-refractivity contribution in [3.8, 4) is 0 Å². The van der Waals surface area contributed by atoms with E-state index < -0.39 is 12.0 Å². The number of aryl methyl sites for hydroxylation is 1. The van der Waals surface area contributed by atoms with Crippen LogP contribution in [0, 0.1) is 6.92 Å². The van der Waals surface area contributed by atoms with Crippen molar-refractivity contribution < 1.29 is 9.90 Å². The maximum atomic E-state index is 11.2. The molecule has 0 bridgehead atoms. The average Bonchev–Trinajstić information content (AvgIpc) is 2.29. The molecule has 2 heterocycles. The van der Waals surface area contributed by atoms with Gasteiger partial charge in [0.25, 0.3) is 0 Å². The summed E-state index contributed by atoms with van der Waals surface area (Å²) in [6.07, 6.45) is 4.47. The van der Waals surface area contributed by atoms with Crippen LogP contribution < -0.4 is 4.90 Å². The van der Waals surface area contributed by atoms with Gasteiger partial charge in [0.1, 0.15) is 11.9 Å². The Hall–Kier alpha value is -1.58. The van der Waals surface area contributed by atoms with Gasteiger partial charge in [-0.15, -0.1) is 0 Å². The number of aromatic nitrogens is 1. The molecule has 1 aromatic rings. The van der Waals surface area contributed by atoms with E-state index in [-0.39, 0.29) is 0 Å². The van der Waals surface area contributed by atoms with Gasteiger partial charge in [-0.05, 0) is 43.9 Å². The molecule has 1 N–H and O–H groups in total. The molecule has 4 nitrogen and oxygen atoms in total. The average molecular weight is 220 g/mol. The number of carbonyl (C=O) groups is 1. The van der Waals surface area contributed by atoms with Crippen LogP contribution in [0.4, 0.5) is 5.82 Å². The standard InChI is InChI=1S/C12H16N2O2/c1-9-5-6-13-11(8-9)14-7-3-2-4-10(14)12(15)16/h5-6,8,10H,2-4,7H2,1H3,(H,15,16). The second-order valence-electron chi connectivity index (χ2n) is 4.23. The van der Waals surface area contributed by atoms with E-state index in [0.717, 1.165) is 30.8 Å². The number of anilines is 1. The SMILES string of the molecule is Cc1ccnc(N2CCCCC2C(=O)O)c1. The van der Waals surface area contributed by atoms with Crippen molar-refractivity contribution in [1.82, 2.24) is 4.98 Å². The predicted octanol–water partition coefficient (Wildman–Crippen LogP) is 1.83. The molecule has 0 aromatic carbocycles. The highest BCUT2D eigenvalue weighted by atomic mass is 16.4. The van der Waals surface area contributed by atoms with E-state index in [0.29, 0.717) is 6.42 Å². The Morgan fingerprint density at radius 1 is 1.56 bits per heavy atom. The minimum absolute atomic E-state index is 0.414. The molecule has 16 heavy (non-hydrogen) atoms. The second-order valence-corrected chi connectivity index (χ2v) is 4.23. The first kappa shape index (κ1) is 10.9. The van der Waals surface area contributed by atoms with Gasteiger partial charge in [0.15, 0.2) is 0 Å². The van der Waals surface area contributed by atoms with Gasteiger partial charge in [0, 0.05) is 12.7 Å². The summed E-state index contributed by atoms with van der Waals surface area (Å²) in [6, 6.07) is 3.45. The van der Waals surface area contributed by atoms with Crippen LogP contribution >= 0.6 is 0 Å². The van der Waals surface area contributed by atoms with Crippen LogP contribution in [0.5, 0.6) is 0 Å². The van der Waals surface area contributed by atoms with Crippen LogP contribution in [0.15, 0.2) is 18.3 Å². The first-order chi connectivity index (χ1) is 7.68. The fourth-order valence-electron chi connectivity index (χ4n) is 2.14. The van der Waals surface area contributed by atoms with Gasteiger partial charge < -0.3 is 10.0 Å². The highest BCUT2D eigenvalue weighted by Gasteiger charge is 2.29. The molecule has 1 aromatic heterocycles. The fourth-order valence-corrected chi connectivity index (χ4v) is 2.14. The molecule has 4 heteroatoms. The van der Waals surface area contributed by atoms with E-state index in [1.54, 1.807) is 6.20 Å². The molecule has 0 radical (unpaired) electrons. The van der Waals surface area contributed by atoms with Gasteiger partial charge in [0.05, 0.1) is 0 Å². The lowest BCUT2D eigenvalue weighted by Gasteiger charge is -2.33. The van der Waals surface area contributed by atoms with Gasteiger partial charge in [-0.1, -0.05) is 0 Å². The third-order valence-corrected chi connectivity index (χ3v) is 2.98. The van der Waals surface area contributed by atoms with E-state index >= 15 is 0 Å². The van der Waals surface area contributed by atoms with Gasteiger partial charge in [-0.25, -0.2) is 9.78 Å². The number of carboxylic acid groups (broad SMARTS) is 1. The van der Waals surface area contributed by atoms with Crippen LogP contribution in [0.25, 0.3) is 0 Å². The Kier molecular flexibility index (Phi) is 3.08. The molecule has 86 valence electrons. The number of rotatable bonds is 2. The summed E-state index contributed by atoms with van der Waals surface area (Å²) < 4.78 is 0. The number of pyridine rings is 1. The minimum Gasteiger partial charge on any atom is -0.480 e. The van der Waals surface area contributed by atoms with Gasteiger partial charge in [-0.3, -0.25) is 0 Å². The lowest BCUT2D eigenvalue weighted by atomic mass is 10.0. The Bertz CT molecular complexity index is 392. The molecule has 1 unspecified atom stereocenters. The summed E-state index contributed by atoms with van der Waals surface area (Å²) in [5, 5.41) is 9.17. The maximum absolute atomic E-state index is 11.2. The Labute approximate surface area is 94.9 Å². The molecule has 0 amide bonds. The molecule has 1 aliphatic rings. The minimum atomic E-state index is -0.747. The predicted molar refractivity (Wildman–Crippen MR) is 61.6 cm³/mol. The first-order valence-corrected chi connectivity index (χ1v) is 5.60. The lowest BCUT2D eigenvalue weighted by molar-refractivity contribution is -0.139. The monoisotopic (exact) mass is 220 g/mol. The maximum Gasteiger partial charge on any atom is 0.326 e. The van der Waals surface area contributed by atoms with Crippen molar-refractivity contribution in [2.24, 2.45) is 0 Å². The molecular weight excluding hydrogens is 204 g/mol. The molecule has 1 saturated heterocycles. The van der Waals surface area contributed by atoms with Crippen molar-refractivity contribution in [1.29, 1.82) is 0 Å². The zero-order chi connectivity index (χ0) is 11.5. The normalized spacial score (nSPS) is 20.8.